The molecule has 518 valence electrons. The van der Waals surface area contributed by atoms with E-state index < -0.39 is 27.4 Å². The van der Waals surface area contributed by atoms with Gasteiger partial charge in [0.2, 0.25) is 5.91 Å². The van der Waals surface area contributed by atoms with E-state index >= 15 is 0 Å². The fourth-order valence-electron chi connectivity index (χ4n) is 9.88. The highest BCUT2D eigenvalue weighted by atomic mass is 35.5. The zero-order valence-corrected chi connectivity index (χ0v) is 56.0. The molecule has 0 aromatic carbocycles. The topological polar surface area (TPSA) is 367 Å². The average molecular weight is 1360 g/mol. The monoisotopic (exact) mass is 1360 g/mol. The average Bonchev–Trinajstić information content (AvgIpc) is 1.37. The first-order valence-electron chi connectivity index (χ1n) is 31.7. The summed E-state index contributed by atoms with van der Waals surface area (Å²) in [6.45, 7) is 20.8. The lowest BCUT2D eigenvalue weighted by molar-refractivity contribution is -0.385. The van der Waals surface area contributed by atoms with Gasteiger partial charge in [0.15, 0.2) is 0 Å². The Hall–Kier alpha value is -9.22. The normalized spacial score (nSPS) is 16.0. The van der Waals surface area contributed by atoms with E-state index in [0.29, 0.717) is 51.5 Å². The number of piperazine rings is 1. The van der Waals surface area contributed by atoms with Crippen LogP contribution in [0.5, 0.6) is 0 Å². The molecule has 7 N–H and O–H groups in total. The number of aliphatic carboxylic acids is 2. The maximum Gasteiger partial charge on any atom is 0.410 e. The Labute approximate surface area is 565 Å². The van der Waals surface area contributed by atoms with E-state index in [1.165, 1.54) is 119 Å². The SMILES string of the molecule is C1CCNCC1.C=CC(=O)O.CC(C)(C)OC(=O)N1CCN(c2ccc(NCCC(=O)O)cn2)CC1.Cl.Nc1ccc(N2CCCCC2)nc1.O=C1CCN(c2ccc(N3CCCCC3)cn2)C(=O)N1.O=[N+]([O-])c1ccc(Cl)nc1.O=[N+]([O-])c1ccc(N2CCCCC2)nc1. The Bertz CT molecular complexity index is 3110. The van der Waals surface area contributed by atoms with Gasteiger partial charge in [0, 0.05) is 103 Å². The lowest BCUT2D eigenvalue weighted by Crippen LogP contribution is -2.50. The third-order valence-corrected chi connectivity index (χ3v) is 15.1. The van der Waals surface area contributed by atoms with E-state index in [1.54, 1.807) is 23.4 Å². The van der Waals surface area contributed by atoms with Gasteiger partial charge in [-0.15, -0.1) is 12.4 Å². The van der Waals surface area contributed by atoms with Gasteiger partial charge < -0.3 is 55.8 Å². The van der Waals surface area contributed by atoms with Crippen LogP contribution in [0, 0.1) is 20.2 Å². The van der Waals surface area contributed by atoms with Crippen LogP contribution in [0.4, 0.5) is 61.3 Å². The number of hydrogen-bond acceptors (Lipinski definition) is 22. The number of nitrogens with zero attached hydrogens (tertiary/aromatic N) is 13. The molecule has 0 unspecified atom stereocenters. The summed E-state index contributed by atoms with van der Waals surface area (Å²) in [5.41, 5.74) is 7.71. The summed E-state index contributed by atoms with van der Waals surface area (Å²) in [7, 11) is 0. The van der Waals surface area contributed by atoms with Gasteiger partial charge in [0.05, 0.1) is 51.9 Å². The highest BCUT2D eigenvalue weighted by Gasteiger charge is 2.28. The van der Waals surface area contributed by atoms with Crippen molar-refractivity contribution >= 4 is 106 Å². The standard InChI is InChI=1S/C17H26N4O4.C14H18N4O2.C10H13N3O2.C10H15N3.C5H3ClN2O2.C5H11N.C3H4O2.ClH/c1-17(2,3)25-16(24)21-10-8-20(9-11-21)14-5-4-13(12-19-14)18-7-6-15(22)23;19-13-6-9-18(14(20)16-13)12-5-4-11(10-15-12)17-7-2-1-3-8-17;14-13(15)9-4-5-10(11-8-9)12-6-2-1-3-7-12;11-9-4-5-10(12-8-9)13-6-2-1-3-7-13;6-5-2-1-4(3-7-5)8(9)10;1-2-4-6-5-3-1;1-2-3(4)5;/h4-5,12,18H,6-11H2,1-3H3,(H,22,23);4-5,10H,1-3,6-9H2,(H,16,19,20);4-5,8H,1-3,6-7H2;4-5,8H,1-3,6-7,11H2;1-3H;6H,1-5H2;2H,1H2,(H,4,5);1H. The van der Waals surface area contributed by atoms with Crippen LogP contribution >= 0.6 is 24.0 Å². The van der Waals surface area contributed by atoms with E-state index in [9.17, 15) is 44.2 Å². The van der Waals surface area contributed by atoms with Gasteiger partial charge in [-0.2, -0.15) is 0 Å². The number of halogens is 2. The molecule has 6 fully saturated rings. The molecule has 0 atom stereocenters. The number of amides is 4. The zero-order chi connectivity index (χ0) is 68.3. The summed E-state index contributed by atoms with van der Waals surface area (Å²) >= 11 is 5.38. The predicted molar refractivity (Wildman–Crippen MR) is 370 cm³/mol. The van der Waals surface area contributed by atoms with Gasteiger partial charge in [-0.05, 0) is 153 Å². The lowest BCUT2D eigenvalue weighted by atomic mass is 10.1. The molecule has 6 aliphatic heterocycles. The highest BCUT2D eigenvalue weighted by molar-refractivity contribution is 6.29. The third kappa shape index (κ3) is 30.2. The largest absolute Gasteiger partial charge is 0.481 e. The second-order valence-electron chi connectivity index (χ2n) is 23.2. The van der Waals surface area contributed by atoms with Crippen molar-refractivity contribution in [1.29, 1.82) is 0 Å². The number of anilines is 7. The number of pyridine rings is 5. The summed E-state index contributed by atoms with van der Waals surface area (Å²) in [6.07, 6.45) is 24.1. The Morgan fingerprint density at radius 3 is 1.51 bits per heavy atom. The molecule has 4 amide bonds. The molecule has 11 heterocycles. The number of carbonyl (C=O) groups is 5. The number of nitro groups is 2. The molecule has 95 heavy (non-hydrogen) atoms. The number of nitrogen functional groups attached to an aromatic ring is 1. The molecule has 29 nitrogen and oxygen atoms in total. The molecule has 0 radical (unpaired) electrons. The molecule has 0 spiro atoms. The van der Waals surface area contributed by atoms with Gasteiger partial charge >= 0.3 is 24.1 Å². The zero-order valence-electron chi connectivity index (χ0n) is 54.4. The van der Waals surface area contributed by atoms with Crippen molar-refractivity contribution in [3.8, 4) is 0 Å². The summed E-state index contributed by atoms with van der Waals surface area (Å²) in [4.78, 5) is 107. The minimum atomic E-state index is -0.981. The number of nitrogens with two attached hydrogens (primary N) is 1. The van der Waals surface area contributed by atoms with Crippen molar-refractivity contribution < 1.29 is 48.8 Å². The summed E-state index contributed by atoms with van der Waals surface area (Å²) in [5, 5.41) is 45.6. The minimum absolute atomic E-state index is 0. The van der Waals surface area contributed by atoms with Gasteiger partial charge in [0.1, 0.15) is 46.4 Å². The van der Waals surface area contributed by atoms with E-state index in [-0.39, 0.29) is 53.4 Å². The summed E-state index contributed by atoms with van der Waals surface area (Å²) in [5.74, 6) is 1.30. The van der Waals surface area contributed by atoms with Gasteiger partial charge in [-0.25, -0.2) is 39.3 Å². The fraction of sp³-hybridized carbons (Fsp3) is 0.500. The Morgan fingerprint density at radius 1 is 0.632 bits per heavy atom. The summed E-state index contributed by atoms with van der Waals surface area (Å²) in [6, 6.07) is 17.1. The van der Waals surface area contributed by atoms with Crippen LogP contribution in [0.15, 0.2) is 104 Å². The molecular formula is C64H91Cl2N17O12. The number of aromatic nitrogens is 5. The van der Waals surface area contributed by atoms with Gasteiger partial charge in [-0.1, -0.05) is 24.6 Å². The van der Waals surface area contributed by atoms with E-state index in [4.69, 9.17) is 32.3 Å². The number of rotatable bonds is 12. The number of nitrogens with one attached hydrogen (secondary N) is 3. The number of carboxylic acid groups (broad SMARTS) is 2. The molecule has 0 saturated carbocycles. The second-order valence-corrected chi connectivity index (χ2v) is 23.6. The molecule has 5 aromatic heterocycles. The number of urea groups is 1. The molecule has 5 aromatic rings. The first-order chi connectivity index (χ1) is 45.1. The molecule has 11 rings (SSSR count). The van der Waals surface area contributed by atoms with E-state index in [0.717, 1.165) is 86.1 Å². The Balaban J connectivity index is 0.000000248. The Kier molecular flexibility index (Phi) is 34.7. The fourth-order valence-corrected chi connectivity index (χ4v) is 9.99. The minimum Gasteiger partial charge on any atom is -0.481 e. The highest BCUT2D eigenvalue weighted by Crippen LogP contribution is 2.24. The van der Waals surface area contributed by atoms with Gasteiger partial charge in [0.25, 0.3) is 11.4 Å². The third-order valence-electron chi connectivity index (χ3n) is 14.8. The van der Waals surface area contributed by atoms with Crippen molar-refractivity contribution in [2.24, 2.45) is 0 Å². The number of imide groups is 1. The van der Waals surface area contributed by atoms with Crippen LogP contribution in [-0.2, 0) is 19.1 Å². The number of hydrogen-bond donors (Lipinski definition) is 6. The van der Waals surface area contributed by atoms with Crippen molar-refractivity contribution in [3.05, 3.63) is 130 Å². The maximum atomic E-state index is 12.1. The quantitative estimate of drug-likeness (QED) is 0.0292. The Morgan fingerprint density at radius 2 is 1.11 bits per heavy atom. The van der Waals surface area contributed by atoms with Crippen LogP contribution in [0.2, 0.25) is 5.15 Å². The molecule has 6 aliphatic rings. The van der Waals surface area contributed by atoms with Crippen molar-refractivity contribution in [2.75, 3.05) is 127 Å². The van der Waals surface area contributed by atoms with Crippen LogP contribution in [0.3, 0.4) is 0 Å². The second kappa shape index (κ2) is 42.2. The van der Waals surface area contributed by atoms with Crippen LogP contribution in [0.25, 0.3) is 0 Å². The van der Waals surface area contributed by atoms with Crippen LogP contribution in [0.1, 0.15) is 111 Å². The first-order valence-corrected chi connectivity index (χ1v) is 32.1. The molecule has 0 bridgehead atoms. The van der Waals surface area contributed by atoms with Crippen molar-refractivity contribution in [2.45, 2.75) is 116 Å². The molecular weight excluding hydrogens is 1270 g/mol. The lowest BCUT2D eigenvalue weighted by Gasteiger charge is -2.36. The predicted octanol–water partition coefficient (Wildman–Crippen LogP) is 10.3. The number of carbonyl (C=O) groups excluding carboxylic acids is 3. The number of carboxylic acids is 2. The first kappa shape index (κ1) is 78.2. The van der Waals surface area contributed by atoms with E-state index in [2.05, 4.69) is 67.0 Å². The maximum absolute atomic E-state index is 12.1. The number of ether oxygens (including phenoxy) is 1. The van der Waals surface area contributed by atoms with Crippen LogP contribution in [-0.4, -0.2) is 177 Å². The summed E-state index contributed by atoms with van der Waals surface area (Å²) < 4.78 is 5.39. The molecule has 6 saturated heterocycles. The van der Waals surface area contributed by atoms with Crippen LogP contribution < -0.4 is 46.2 Å². The molecule has 31 heteroatoms. The van der Waals surface area contributed by atoms with E-state index in [1.807, 2.05) is 63.4 Å². The smallest absolute Gasteiger partial charge is 0.410 e. The number of piperidine rings is 4. The van der Waals surface area contributed by atoms with Gasteiger partial charge in [-0.3, -0.25) is 40.0 Å². The molecule has 0 aliphatic carbocycles. The van der Waals surface area contributed by atoms with Crippen molar-refractivity contribution in [3.63, 3.8) is 0 Å². The van der Waals surface area contributed by atoms with Crippen molar-refractivity contribution in [1.82, 2.24) is 40.5 Å².